The van der Waals surface area contributed by atoms with Crippen molar-refractivity contribution in [1.82, 2.24) is 0 Å². The van der Waals surface area contributed by atoms with Crippen LogP contribution < -0.4 is 0 Å². The Morgan fingerprint density at radius 3 is 2.14 bits per heavy atom. The van der Waals surface area contributed by atoms with Crippen molar-refractivity contribution in [2.24, 2.45) is 0 Å². The minimum Gasteiger partial charge on any atom is -0.0776 e. The van der Waals surface area contributed by atoms with Crippen LogP contribution in [-0.2, 0) is 6.42 Å². The summed E-state index contributed by atoms with van der Waals surface area (Å²) in [7, 11) is 0. The van der Waals surface area contributed by atoms with Crippen LogP contribution >= 0.6 is 0 Å². The predicted molar refractivity (Wildman–Crippen MR) is 66.5 cm³/mol. The molecule has 0 saturated heterocycles. The largest absolute Gasteiger partial charge is 0.0776 e. The minimum atomic E-state index is 0. The highest BCUT2D eigenvalue weighted by atomic mass is 14.2. The summed E-state index contributed by atoms with van der Waals surface area (Å²) < 4.78 is 0. The molecule has 0 unspecified atom stereocenters. The van der Waals surface area contributed by atoms with E-state index in [1.165, 1.54) is 22.3 Å². The standard InChI is InChI=1S/C11H12.C2H6.CH4/c1-8-7-10-5-3-4-6-11(10)9(8)2;1-2;/h3-6H,7H2,1-2H3;1-2H3;1H4. The Morgan fingerprint density at radius 2 is 1.57 bits per heavy atom. The monoisotopic (exact) mass is 190 g/mol. The number of benzene rings is 1. The Bertz CT molecular complexity index is 319. The normalized spacial score (nSPS) is 12.6. The van der Waals surface area contributed by atoms with Gasteiger partial charge in [0.2, 0.25) is 0 Å². The van der Waals surface area contributed by atoms with Crippen molar-refractivity contribution in [3.63, 3.8) is 0 Å². The highest BCUT2D eigenvalue weighted by Gasteiger charge is 2.13. The molecule has 1 aromatic rings. The first-order valence-corrected chi connectivity index (χ1v) is 5.03. The summed E-state index contributed by atoms with van der Waals surface area (Å²) in [5.41, 5.74) is 5.93. The van der Waals surface area contributed by atoms with Gasteiger partial charge in [-0.25, -0.2) is 0 Å². The highest BCUT2D eigenvalue weighted by Crippen LogP contribution is 2.31. The Labute approximate surface area is 88.7 Å². The molecule has 0 aliphatic heterocycles. The Kier molecular flexibility index (Phi) is 5.22. The SMILES string of the molecule is C.CC.CC1=C(C)c2ccccc2C1. The highest BCUT2D eigenvalue weighted by molar-refractivity contribution is 5.74. The van der Waals surface area contributed by atoms with Crippen molar-refractivity contribution in [2.45, 2.75) is 41.5 Å². The fourth-order valence-electron chi connectivity index (χ4n) is 1.69. The van der Waals surface area contributed by atoms with Crippen LogP contribution in [0.5, 0.6) is 0 Å². The van der Waals surface area contributed by atoms with Gasteiger partial charge in [0.15, 0.2) is 0 Å². The number of hydrogen-bond acceptors (Lipinski definition) is 0. The molecule has 0 bridgehead atoms. The second kappa shape index (κ2) is 5.64. The van der Waals surface area contributed by atoms with Crippen LogP contribution in [0.25, 0.3) is 5.57 Å². The minimum absolute atomic E-state index is 0. The molecule has 0 spiro atoms. The molecule has 0 aromatic heterocycles. The molecule has 14 heavy (non-hydrogen) atoms. The van der Waals surface area contributed by atoms with E-state index in [0.717, 1.165) is 6.42 Å². The van der Waals surface area contributed by atoms with Crippen molar-refractivity contribution in [3.8, 4) is 0 Å². The van der Waals surface area contributed by atoms with Gasteiger partial charge in [-0.05, 0) is 37.0 Å². The smallest absolute Gasteiger partial charge is 0.00579 e. The number of fused-ring (bicyclic) bond motifs is 1. The molecule has 0 amide bonds. The van der Waals surface area contributed by atoms with Gasteiger partial charge >= 0.3 is 0 Å². The van der Waals surface area contributed by atoms with Gasteiger partial charge in [0.1, 0.15) is 0 Å². The van der Waals surface area contributed by atoms with Gasteiger partial charge in [0, 0.05) is 0 Å². The van der Waals surface area contributed by atoms with Crippen LogP contribution in [0.2, 0.25) is 0 Å². The van der Waals surface area contributed by atoms with Crippen LogP contribution in [0.15, 0.2) is 29.8 Å². The zero-order chi connectivity index (χ0) is 9.84. The van der Waals surface area contributed by atoms with Crippen molar-refractivity contribution >= 4 is 5.57 Å². The van der Waals surface area contributed by atoms with Gasteiger partial charge in [0.25, 0.3) is 0 Å². The van der Waals surface area contributed by atoms with Gasteiger partial charge in [-0.3, -0.25) is 0 Å². The third-order valence-corrected chi connectivity index (χ3v) is 2.52. The lowest BCUT2D eigenvalue weighted by atomic mass is 10.1. The first-order chi connectivity index (χ1) is 6.29. The molecule has 0 N–H and O–H groups in total. The molecule has 78 valence electrons. The number of hydrogen-bond donors (Lipinski definition) is 0. The molecule has 1 aliphatic rings. The number of allylic oxidation sites excluding steroid dienone is 2. The van der Waals surface area contributed by atoms with Crippen LogP contribution in [0.3, 0.4) is 0 Å². The summed E-state index contributed by atoms with van der Waals surface area (Å²) >= 11 is 0. The summed E-state index contributed by atoms with van der Waals surface area (Å²) in [5.74, 6) is 0. The molecule has 0 fully saturated rings. The fraction of sp³-hybridized carbons (Fsp3) is 0.429. The molecule has 0 heterocycles. The average molecular weight is 190 g/mol. The van der Waals surface area contributed by atoms with E-state index in [0.29, 0.717) is 0 Å². The predicted octanol–water partition coefficient (Wildman–Crippen LogP) is 4.70. The van der Waals surface area contributed by atoms with E-state index in [-0.39, 0.29) is 7.43 Å². The van der Waals surface area contributed by atoms with Gasteiger partial charge in [-0.2, -0.15) is 0 Å². The molecule has 0 saturated carbocycles. The Morgan fingerprint density at radius 1 is 1.00 bits per heavy atom. The summed E-state index contributed by atoms with van der Waals surface area (Å²) in [5, 5.41) is 0. The van der Waals surface area contributed by atoms with E-state index in [2.05, 4.69) is 38.1 Å². The summed E-state index contributed by atoms with van der Waals surface area (Å²) in [6.45, 7) is 8.43. The van der Waals surface area contributed by atoms with E-state index >= 15 is 0 Å². The van der Waals surface area contributed by atoms with Gasteiger partial charge in [-0.15, -0.1) is 0 Å². The zero-order valence-corrected chi connectivity index (χ0v) is 9.02. The topological polar surface area (TPSA) is 0 Å². The lowest BCUT2D eigenvalue weighted by Gasteiger charge is -1.97. The quantitative estimate of drug-likeness (QED) is 0.556. The van der Waals surface area contributed by atoms with Gasteiger partial charge < -0.3 is 0 Å². The first kappa shape index (κ1) is 13.0. The Hall–Kier alpha value is -1.04. The maximum Gasteiger partial charge on any atom is -0.00579 e. The third kappa shape index (κ3) is 2.25. The number of rotatable bonds is 0. The van der Waals surface area contributed by atoms with Crippen molar-refractivity contribution in [3.05, 3.63) is 41.0 Å². The van der Waals surface area contributed by atoms with Crippen molar-refractivity contribution in [2.75, 3.05) is 0 Å². The van der Waals surface area contributed by atoms with Crippen LogP contribution in [0, 0.1) is 0 Å². The zero-order valence-electron chi connectivity index (χ0n) is 9.02. The fourth-order valence-corrected chi connectivity index (χ4v) is 1.69. The van der Waals surface area contributed by atoms with Gasteiger partial charge in [0.05, 0.1) is 0 Å². The van der Waals surface area contributed by atoms with E-state index in [1.54, 1.807) is 0 Å². The molecule has 0 radical (unpaired) electrons. The van der Waals surface area contributed by atoms with Gasteiger partial charge in [-0.1, -0.05) is 51.1 Å². The maximum absolute atomic E-state index is 2.22. The molecule has 2 rings (SSSR count). The first-order valence-electron chi connectivity index (χ1n) is 5.03. The third-order valence-electron chi connectivity index (χ3n) is 2.52. The second-order valence-electron chi connectivity index (χ2n) is 3.24. The molecule has 1 aliphatic carbocycles. The van der Waals surface area contributed by atoms with E-state index in [1.807, 2.05) is 13.8 Å². The molecular weight excluding hydrogens is 168 g/mol. The van der Waals surface area contributed by atoms with E-state index in [4.69, 9.17) is 0 Å². The van der Waals surface area contributed by atoms with Crippen LogP contribution in [-0.4, -0.2) is 0 Å². The Balaban J connectivity index is 0.000000531. The molecule has 0 nitrogen and oxygen atoms in total. The van der Waals surface area contributed by atoms with E-state index < -0.39 is 0 Å². The van der Waals surface area contributed by atoms with Crippen molar-refractivity contribution < 1.29 is 0 Å². The van der Waals surface area contributed by atoms with Crippen molar-refractivity contribution in [1.29, 1.82) is 0 Å². The van der Waals surface area contributed by atoms with Crippen LogP contribution in [0.1, 0.15) is 46.2 Å². The molecule has 0 heteroatoms. The average Bonchev–Trinajstić information content (AvgIpc) is 2.47. The lowest BCUT2D eigenvalue weighted by Crippen LogP contribution is -1.80. The maximum atomic E-state index is 2.22. The lowest BCUT2D eigenvalue weighted by molar-refractivity contribution is 1.19. The van der Waals surface area contributed by atoms with E-state index in [9.17, 15) is 0 Å². The summed E-state index contributed by atoms with van der Waals surface area (Å²) in [4.78, 5) is 0. The second-order valence-corrected chi connectivity index (χ2v) is 3.24. The molecule has 1 aromatic carbocycles. The molecule has 0 atom stereocenters. The molecular formula is C14H22. The summed E-state index contributed by atoms with van der Waals surface area (Å²) in [6, 6.07) is 8.65. The van der Waals surface area contributed by atoms with Crippen LogP contribution in [0.4, 0.5) is 0 Å². The summed E-state index contributed by atoms with van der Waals surface area (Å²) in [6.07, 6.45) is 1.15.